The first-order valence-corrected chi connectivity index (χ1v) is 10.7. The predicted molar refractivity (Wildman–Crippen MR) is 131 cm³/mol. The number of nitrogens with zero attached hydrogens (tertiary/aromatic N) is 3. The number of pyridine rings is 2. The Bertz CT molecular complexity index is 1300. The fourth-order valence-electron chi connectivity index (χ4n) is 3.52. The third kappa shape index (κ3) is 4.67. The van der Waals surface area contributed by atoms with Crippen molar-refractivity contribution in [1.29, 1.82) is 0 Å². The number of carbonyl (C=O) groups excluding carboxylic acids is 2. The molecule has 0 fully saturated rings. The van der Waals surface area contributed by atoms with Crippen LogP contribution in [-0.4, -0.2) is 47.3 Å². The molecule has 33 heavy (non-hydrogen) atoms. The number of carbonyl (C=O) groups is 2. The van der Waals surface area contributed by atoms with Crippen molar-refractivity contribution in [2.75, 3.05) is 26.0 Å². The van der Waals surface area contributed by atoms with Crippen molar-refractivity contribution >= 4 is 34.1 Å². The number of fused-ring (bicyclic) bond motifs is 1. The molecule has 0 radical (unpaired) electrons. The zero-order valence-corrected chi connectivity index (χ0v) is 18.8. The Hall–Kier alpha value is -4.26. The standard InChI is InChI=1S/C26H25N5O2/c1-4-27-25(32)21-16-29-22-12-10-17(18-11-13-23(28-15-18)26(33)31(2)3)14-20(22)24(21)30-19-8-6-5-7-9-19/h5-16H,4H2,1-3H3,(H,27,32)(H,29,30). The quantitative estimate of drug-likeness (QED) is 0.462. The van der Waals surface area contributed by atoms with Crippen LogP contribution >= 0.6 is 0 Å². The summed E-state index contributed by atoms with van der Waals surface area (Å²) < 4.78 is 0. The van der Waals surface area contributed by atoms with E-state index in [0.29, 0.717) is 23.5 Å². The van der Waals surface area contributed by atoms with E-state index in [0.717, 1.165) is 27.7 Å². The molecule has 0 saturated carbocycles. The highest BCUT2D eigenvalue weighted by molar-refractivity contribution is 6.08. The van der Waals surface area contributed by atoms with E-state index in [1.54, 1.807) is 32.6 Å². The van der Waals surface area contributed by atoms with Gasteiger partial charge < -0.3 is 15.5 Å². The number of rotatable bonds is 6. The van der Waals surface area contributed by atoms with Gasteiger partial charge in [0.1, 0.15) is 5.69 Å². The minimum absolute atomic E-state index is 0.148. The van der Waals surface area contributed by atoms with E-state index >= 15 is 0 Å². The van der Waals surface area contributed by atoms with Crippen molar-refractivity contribution < 1.29 is 9.59 Å². The maximum absolute atomic E-state index is 12.8. The summed E-state index contributed by atoms with van der Waals surface area (Å²) in [7, 11) is 3.39. The second-order valence-electron chi connectivity index (χ2n) is 7.76. The summed E-state index contributed by atoms with van der Waals surface area (Å²) in [5.74, 6) is -0.339. The minimum Gasteiger partial charge on any atom is -0.354 e. The van der Waals surface area contributed by atoms with Crippen LogP contribution in [0, 0.1) is 0 Å². The number of para-hydroxylation sites is 1. The Balaban J connectivity index is 1.82. The van der Waals surface area contributed by atoms with Crippen molar-refractivity contribution in [3.05, 3.63) is 84.3 Å². The summed E-state index contributed by atoms with van der Waals surface area (Å²) in [5.41, 5.74) is 4.94. The van der Waals surface area contributed by atoms with Gasteiger partial charge in [-0.15, -0.1) is 0 Å². The summed E-state index contributed by atoms with van der Waals surface area (Å²) in [6, 6.07) is 19.2. The van der Waals surface area contributed by atoms with E-state index in [2.05, 4.69) is 20.6 Å². The Morgan fingerprint density at radius 3 is 2.33 bits per heavy atom. The molecule has 2 N–H and O–H groups in total. The summed E-state index contributed by atoms with van der Waals surface area (Å²) in [4.78, 5) is 35.3. The molecule has 0 aliphatic heterocycles. The molecule has 0 aliphatic rings. The zero-order valence-electron chi connectivity index (χ0n) is 18.8. The molecule has 7 nitrogen and oxygen atoms in total. The lowest BCUT2D eigenvalue weighted by Crippen LogP contribution is -2.23. The number of hydrogen-bond acceptors (Lipinski definition) is 5. The van der Waals surface area contributed by atoms with Crippen LogP contribution < -0.4 is 10.6 Å². The van der Waals surface area contributed by atoms with E-state index < -0.39 is 0 Å². The summed E-state index contributed by atoms with van der Waals surface area (Å²) >= 11 is 0. The lowest BCUT2D eigenvalue weighted by atomic mass is 10.0. The molecule has 4 aromatic rings. The second kappa shape index (κ2) is 9.48. The van der Waals surface area contributed by atoms with Gasteiger partial charge in [-0.2, -0.15) is 0 Å². The number of anilines is 2. The van der Waals surface area contributed by atoms with Crippen LogP contribution in [0.3, 0.4) is 0 Å². The maximum Gasteiger partial charge on any atom is 0.271 e. The molecule has 0 bridgehead atoms. The Morgan fingerprint density at radius 2 is 1.67 bits per heavy atom. The van der Waals surface area contributed by atoms with Gasteiger partial charge in [-0.1, -0.05) is 30.3 Å². The van der Waals surface area contributed by atoms with Crippen molar-refractivity contribution in [3.63, 3.8) is 0 Å². The van der Waals surface area contributed by atoms with Gasteiger partial charge in [0, 0.05) is 49.7 Å². The Morgan fingerprint density at radius 1 is 0.909 bits per heavy atom. The van der Waals surface area contributed by atoms with E-state index in [1.165, 1.54) is 4.90 Å². The monoisotopic (exact) mass is 439 g/mol. The highest BCUT2D eigenvalue weighted by Gasteiger charge is 2.17. The first-order chi connectivity index (χ1) is 16.0. The van der Waals surface area contributed by atoms with Crippen molar-refractivity contribution in [1.82, 2.24) is 20.2 Å². The van der Waals surface area contributed by atoms with E-state index in [-0.39, 0.29) is 11.8 Å². The van der Waals surface area contributed by atoms with E-state index in [9.17, 15) is 9.59 Å². The first kappa shape index (κ1) is 22.0. The molecular weight excluding hydrogens is 414 g/mol. The summed E-state index contributed by atoms with van der Waals surface area (Å²) in [6.45, 7) is 2.40. The highest BCUT2D eigenvalue weighted by atomic mass is 16.2. The Kier molecular flexibility index (Phi) is 6.31. The van der Waals surface area contributed by atoms with Gasteiger partial charge in [0.25, 0.3) is 11.8 Å². The molecule has 0 aliphatic carbocycles. The van der Waals surface area contributed by atoms with Crippen LogP contribution in [0.1, 0.15) is 27.8 Å². The van der Waals surface area contributed by atoms with Crippen LogP contribution in [0.2, 0.25) is 0 Å². The van der Waals surface area contributed by atoms with Crippen LogP contribution in [-0.2, 0) is 0 Å². The molecule has 0 saturated heterocycles. The van der Waals surface area contributed by atoms with Crippen LogP contribution in [0.15, 0.2) is 73.1 Å². The van der Waals surface area contributed by atoms with Gasteiger partial charge in [-0.3, -0.25) is 19.6 Å². The number of hydrogen-bond donors (Lipinski definition) is 2. The molecule has 7 heteroatoms. The second-order valence-corrected chi connectivity index (χ2v) is 7.76. The smallest absolute Gasteiger partial charge is 0.271 e. The SMILES string of the molecule is CCNC(=O)c1cnc2ccc(-c3ccc(C(=O)N(C)C)nc3)cc2c1Nc1ccccc1. The Labute approximate surface area is 192 Å². The van der Waals surface area contributed by atoms with Gasteiger partial charge in [0.15, 0.2) is 0 Å². The summed E-state index contributed by atoms with van der Waals surface area (Å²) in [5, 5.41) is 7.08. The fraction of sp³-hybridized carbons (Fsp3) is 0.154. The van der Waals surface area contributed by atoms with Crippen molar-refractivity contribution in [2.24, 2.45) is 0 Å². The zero-order chi connectivity index (χ0) is 23.4. The van der Waals surface area contributed by atoms with Gasteiger partial charge in [0.2, 0.25) is 0 Å². The molecule has 0 atom stereocenters. The first-order valence-electron chi connectivity index (χ1n) is 10.7. The minimum atomic E-state index is -0.191. The lowest BCUT2D eigenvalue weighted by molar-refractivity contribution is 0.0821. The average molecular weight is 440 g/mol. The number of amides is 2. The van der Waals surface area contributed by atoms with E-state index in [4.69, 9.17) is 0 Å². The average Bonchev–Trinajstić information content (AvgIpc) is 2.84. The van der Waals surface area contributed by atoms with Crippen molar-refractivity contribution in [3.8, 4) is 11.1 Å². The molecular formula is C26H25N5O2. The van der Waals surface area contributed by atoms with Gasteiger partial charge in [-0.25, -0.2) is 0 Å². The van der Waals surface area contributed by atoms with Gasteiger partial charge >= 0.3 is 0 Å². The topological polar surface area (TPSA) is 87.2 Å². The van der Waals surface area contributed by atoms with E-state index in [1.807, 2.05) is 61.5 Å². The number of nitrogens with one attached hydrogen (secondary N) is 2. The van der Waals surface area contributed by atoms with Crippen LogP contribution in [0.5, 0.6) is 0 Å². The third-order valence-electron chi connectivity index (χ3n) is 5.22. The molecule has 2 aromatic carbocycles. The molecule has 0 unspecified atom stereocenters. The predicted octanol–water partition coefficient (Wildman–Crippen LogP) is 4.49. The van der Waals surface area contributed by atoms with Gasteiger partial charge in [-0.05, 0) is 42.8 Å². The normalized spacial score (nSPS) is 10.6. The molecule has 166 valence electrons. The van der Waals surface area contributed by atoms with Crippen molar-refractivity contribution in [2.45, 2.75) is 6.92 Å². The molecule has 2 amide bonds. The lowest BCUT2D eigenvalue weighted by Gasteiger charge is -2.15. The largest absolute Gasteiger partial charge is 0.354 e. The molecule has 2 heterocycles. The van der Waals surface area contributed by atoms with Crippen LogP contribution in [0.25, 0.3) is 22.0 Å². The summed E-state index contributed by atoms with van der Waals surface area (Å²) in [6.07, 6.45) is 3.28. The van der Waals surface area contributed by atoms with Gasteiger partial charge in [0.05, 0.1) is 16.8 Å². The van der Waals surface area contributed by atoms with Crippen LogP contribution in [0.4, 0.5) is 11.4 Å². The maximum atomic E-state index is 12.8. The molecule has 0 spiro atoms. The fourth-order valence-corrected chi connectivity index (χ4v) is 3.52. The number of aromatic nitrogens is 2. The third-order valence-corrected chi connectivity index (χ3v) is 5.22. The number of benzene rings is 2. The molecule has 4 rings (SSSR count). The highest BCUT2D eigenvalue weighted by Crippen LogP contribution is 2.32. The molecule has 2 aromatic heterocycles.